The molecule has 1 amide bonds. The van der Waals surface area contributed by atoms with Gasteiger partial charge in [0.2, 0.25) is 5.91 Å². The predicted molar refractivity (Wildman–Crippen MR) is 82.2 cm³/mol. The van der Waals surface area contributed by atoms with Crippen molar-refractivity contribution in [3.63, 3.8) is 0 Å². The molecule has 5 nitrogen and oxygen atoms in total. The van der Waals surface area contributed by atoms with Gasteiger partial charge in [-0.1, -0.05) is 36.3 Å². The summed E-state index contributed by atoms with van der Waals surface area (Å²) in [5.41, 5.74) is 7.07. The van der Waals surface area contributed by atoms with Crippen molar-refractivity contribution in [3.8, 4) is 0 Å². The van der Waals surface area contributed by atoms with Crippen molar-refractivity contribution in [1.29, 1.82) is 0 Å². The van der Waals surface area contributed by atoms with E-state index < -0.39 is 0 Å². The molecule has 1 fully saturated rings. The summed E-state index contributed by atoms with van der Waals surface area (Å²) in [5.74, 6) is 0.915. The van der Waals surface area contributed by atoms with Crippen LogP contribution in [0.25, 0.3) is 0 Å². The molecule has 114 valence electrons. The molecule has 0 unspecified atom stereocenters. The zero-order chi connectivity index (χ0) is 15.2. The molecule has 1 aromatic carbocycles. The molecular formula is C16H23N3O2. The molecular weight excluding hydrogens is 266 g/mol. The van der Waals surface area contributed by atoms with Crippen LogP contribution in [0.1, 0.15) is 43.7 Å². The van der Waals surface area contributed by atoms with Crippen LogP contribution in [-0.2, 0) is 11.2 Å². The van der Waals surface area contributed by atoms with E-state index in [9.17, 15) is 4.79 Å². The number of benzene rings is 1. The van der Waals surface area contributed by atoms with Crippen molar-refractivity contribution in [2.75, 3.05) is 0 Å². The summed E-state index contributed by atoms with van der Waals surface area (Å²) in [4.78, 5) is 12.0. The fourth-order valence-corrected chi connectivity index (χ4v) is 2.72. The van der Waals surface area contributed by atoms with Crippen molar-refractivity contribution in [3.05, 3.63) is 35.4 Å². The van der Waals surface area contributed by atoms with Crippen molar-refractivity contribution in [2.45, 2.75) is 45.1 Å². The van der Waals surface area contributed by atoms with Gasteiger partial charge < -0.3 is 16.3 Å². The molecule has 2 rings (SSSR count). The van der Waals surface area contributed by atoms with E-state index >= 15 is 0 Å². The summed E-state index contributed by atoms with van der Waals surface area (Å²) in [5, 5.41) is 14.7. The molecule has 0 saturated heterocycles. The van der Waals surface area contributed by atoms with Gasteiger partial charge in [0, 0.05) is 11.6 Å². The van der Waals surface area contributed by atoms with Gasteiger partial charge in [-0.05, 0) is 37.2 Å². The molecule has 0 heterocycles. The fraction of sp³-hybridized carbons (Fsp3) is 0.500. The molecule has 0 aliphatic heterocycles. The summed E-state index contributed by atoms with van der Waals surface area (Å²) in [6.45, 7) is 2.26. The Bertz CT molecular complexity index is 503. The Morgan fingerprint density at radius 1 is 1.29 bits per heavy atom. The van der Waals surface area contributed by atoms with Crippen LogP contribution in [0, 0.1) is 5.92 Å². The third-order valence-electron chi connectivity index (χ3n) is 4.10. The number of nitrogens with one attached hydrogen (secondary N) is 1. The average molecular weight is 289 g/mol. The summed E-state index contributed by atoms with van der Waals surface area (Å²) >= 11 is 0. The highest BCUT2D eigenvalue weighted by molar-refractivity contribution is 5.97. The molecule has 21 heavy (non-hydrogen) atoms. The number of oxime groups is 1. The molecule has 0 spiro atoms. The van der Waals surface area contributed by atoms with Crippen LogP contribution in [0.4, 0.5) is 0 Å². The smallest absolute Gasteiger partial charge is 0.224 e. The van der Waals surface area contributed by atoms with Crippen LogP contribution >= 0.6 is 0 Å². The van der Waals surface area contributed by atoms with Crippen molar-refractivity contribution in [2.24, 2.45) is 16.8 Å². The van der Waals surface area contributed by atoms with Gasteiger partial charge in [-0.2, -0.15) is 0 Å². The molecule has 0 aromatic heterocycles. The van der Waals surface area contributed by atoms with E-state index in [0.29, 0.717) is 18.0 Å². The predicted octanol–water partition coefficient (Wildman–Crippen LogP) is 2.02. The normalized spacial score (nSPS) is 22.8. The number of nitrogens with zero attached hydrogens (tertiary/aromatic N) is 1. The van der Waals surface area contributed by atoms with Gasteiger partial charge in [0.05, 0.1) is 6.42 Å². The fourth-order valence-electron chi connectivity index (χ4n) is 2.72. The minimum atomic E-state index is 0.0612. The van der Waals surface area contributed by atoms with Gasteiger partial charge in [-0.25, -0.2) is 0 Å². The Morgan fingerprint density at radius 2 is 1.90 bits per heavy atom. The first-order valence-electron chi connectivity index (χ1n) is 7.44. The average Bonchev–Trinajstić information content (AvgIpc) is 2.49. The Balaban J connectivity index is 1.85. The maximum absolute atomic E-state index is 12.0. The third-order valence-corrected chi connectivity index (χ3v) is 4.10. The number of rotatable bonds is 4. The lowest BCUT2D eigenvalue weighted by molar-refractivity contribution is -0.121. The topological polar surface area (TPSA) is 87.7 Å². The van der Waals surface area contributed by atoms with Crippen LogP contribution in [0.2, 0.25) is 0 Å². The molecule has 1 aliphatic carbocycles. The van der Waals surface area contributed by atoms with Gasteiger partial charge in [0.15, 0.2) is 5.84 Å². The number of hydrogen-bond donors (Lipinski definition) is 3. The maximum atomic E-state index is 12.0. The van der Waals surface area contributed by atoms with Crippen LogP contribution in [0.5, 0.6) is 0 Å². The zero-order valence-electron chi connectivity index (χ0n) is 12.4. The monoisotopic (exact) mass is 289 g/mol. The summed E-state index contributed by atoms with van der Waals surface area (Å²) in [6, 6.07) is 7.48. The second kappa shape index (κ2) is 7.11. The molecule has 1 aromatic rings. The van der Waals surface area contributed by atoms with Crippen LogP contribution in [0.3, 0.4) is 0 Å². The lowest BCUT2D eigenvalue weighted by Gasteiger charge is -2.26. The van der Waals surface area contributed by atoms with Gasteiger partial charge in [0.25, 0.3) is 0 Å². The Hall–Kier alpha value is -2.04. The standard InChI is InChI=1S/C16H23N3O2/c1-11-2-8-14(9-3-11)18-15(20)10-12-4-6-13(7-5-12)16(17)19-21/h4-7,11,14,21H,2-3,8-10H2,1H3,(H2,17,19)(H,18,20). The Labute approximate surface area is 125 Å². The number of amidine groups is 1. The first kappa shape index (κ1) is 15.4. The SMILES string of the molecule is CC1CCC(NC(=O)Cc2ccc(/C(N)=N/O)cc2)CC1. The molecule has 1 saturated carbocycles. The summed E-state index contributed by atoms with van der Waals surface area (Å²) < 4.78 is 0. The largest absolute Gasteiger partial charge is 0.409 e. The second-order valence-electron chi connectivity index (χ2n) is 5.88. The number of carbonyl (C=O) groups excluding carboxylic acids is 1. The van der Waals surface area contributed by atoms with Crippen molar-refractivity contribution < 1.29 is 10.0 Å². The van der Waals surface area contributed by atoms with Crippen LogP contribution in [-0.4, -0.2) is 23.0 Å². The molecule has 1 aliphatic rings. The molecule has 0 radical (unpaired) electrons. The first-order valence-corrected chi connectivity index (χ1v) is 7.44. The lowest BCUT2D eigenvalue weighted by Crippen LogP contribution is -2.38. The highest BCUT2D eigenvalue weighted by atomic mass is 16.4. The van der Waals surface area contributed by atoms with E-state index in [2.05, 4.69) is 17.4 Å². The maximum Gasteiger partial charge on any atom is 0.224 e. The quantitative estimate of drug-likeness (QED) is 0.343. The highest BCUT2D eigenvalue weighted by Gasteiger charge is 2.19. The number of carbonyl (C=O) groups is 1. The van der Waals surface area contributed by atoms with E-state index in [0.717, 1.165) is 24.3 Å². The van der Waals surface area contributed by atoms with Gasteiger partial charge in [-0.15, -0.1) is 0 Å². The molecule has 4 N–H and O–H groups in total. The van der Waals surface area contributed by atoms with E-state index in [1.54, 1.807) is 12.1 Å². The lowest BCUT2D eigenvalue weighted by atomic mass is 9.87. The first-order chi connectivity index (χ1) is 10.1. The number of hydrogen-bond acceptors (Lipinski definition) is 3. The number of amides is 1. The number of nitrogens with two attached hydrogens (primary N) is 1. The van der Waals surface area contributed by atoms with Crippen molar-refractivity contribution >= 4 is 11.7 Å². The Morgan fingerprint density at radius 3 is 2.48 bits per heavy atom. The van der Waals surface area contributed by atoms with Gasteiger partial charge in [-0.3, -0.25) is 4.79 Å². The van der Waals surface area contributed by atoms with Crippen LogP contribution in [0.15, 0.2) is 29.4 Å². The zero-order valence-corrected chi connectivity index (χ0v) is 12.4. The Kier molecular flexibility index (Phi) is 5.20. The van der Waals surface area contributed by atoms with Gasteiger partial charge >= 0.3 is 0 Å². The third kappa shape index (κ3) is 4.48. The van der Waals surface area contributed by atoms with Crippen LogP contribution < -0.4 is 11.1 Å². The van der Waals surface area contributed by atoms with E-state index in [-0.39, 0.29) is 11.7 Å². The molecule has 5 heteroatoms. The summed E-state index contributed by atoms with van der Waals surface area (Å²) in [7, 11) is 0. The van der Waals surface area contributed by atoms with E-state index in [4.69, 9.17) is 10.9 Å². The van der Waals surface area contributed by atoms with E-state index in [1.807, 2.05) is 12.1 Å². The highest BCUT2D eigenvalue weighted by Crippen LogP contribution is 2.23. The van der Waals surface area contributed by atoms with Crippen molar-refractivity contribution in [1.82, 2.24) is 5.32 Å². The molecule has 0 bridgehead atoms. The minimum Gasteiger partial charge on any atom is -0.409 e. The second-order valence-corrected chi connectivity index (χ2v) is 5.88. The minimum absolute atomic E-state index is 0.0612. The summed E-state index contributed by atoms with van der Waals surface area (Å²) in [6.07, 6.45) is 4.91. The molecule has 0 atom stereocenters. The van der Waals surface area contributed by atoms with Gasteiger partial charge in [0.1, 0.15) is 0 Å². The van der Waals surface area contributed by atoms with E-state index in [1.165, 1.54) is 12.8 Å².